The largest absolute Gasteiger partial charge is 0.354 e. The van der Waals surface area contributed by atoms with Crippen LogP contribution < -0.4 is 5.32 Å². The van der Waals surface area contributed by atoms with Crippen LogP contribution in [0.5, 0.6) is 0 Å². The molecule has 1 aliphatic heterocycles. The number of rotatable bonds is 7. The molecule has 0 spiro atoms. The zero-order valence-electron chi connectivity index (χ0n) is 14.4. The van der Waals surface area contributed by atoms with Crippen LogP contribution in [0.1, 0.15) is 25.3 Å². The molecule has 6 nitrogen and oxygen atoms in total. The summed E-state index contributed by atoms with van der Waals surface area (Å²) in [7, 11) is 0. The van der Waals surface area contributed by atoms with Crippen molar-refractivity contribution >= 4 is 5.91 Å². The van der Waals surface area contributed by atoms with E-state index in [2.05, 4.69) is 20.3 Å². The zero-order valence-corrected chi connectivity index (χ0v) is 14.4. The maximum absolute atomic E-state index is 12.9. The van der Waals surface area contributed by atoms with Gasteiger partial charge in [-0.2, -0.15) is 5.10 Å². The molecule has 1 aliphatic rings. The molecule has 1 fully saturated rings. The number of hydrogen-bond donors (Lipinski definition) is 1. The number of likely N-dealkylation sites (tertiary alicyclic amines) is 1. The van der Waals surface area contributed by atoms with E-state index in [-0.39, 0.29) is 17.8 Å². The highest BCUT2D eigenvalue weighted by atomic mass is 19.1. The van der Waals surface area contributed by atoms with Crippen molar-refractivity contribution in [1.29, 1.82) is 0 Å². The lowest BCUT2D eigenvalue weighted by Crippen LogP contribution is -2.48. The fourth-order valence-corrected chi connectivity index (χ4v) is 3.39. The van der Waals surface area contributed by atoms with Crippen molar-refractivity contribution < 1.29 is 9.18 Å². The van der Waals surface area contributed by atoms with E-state index in [0.29, 0.717) is 19.0 Å². The van der Waals surface area contributed by atoms with Gasteiger partial charge in [-0.05, 0) is 50.4 Å². The minimum atomic E-state index is -0.242. The maximum Gasteiger partial charge on any atom is 0.237 e. The summed E-state index contributed by atoms with van der Waals surface area (Å²) in [4.78, 5) is 18.7. The van der Waals surface area contributed by atoms with Gasteiger partial charge in [0.15, 0.2) is 0 Å². The van der Waals surface area contributed by atoms with E-state index in [1.54, 1.807) is 18.5 Å². The van der Waals surface area contributed by atoms with Crippen molar-refractivity contribution in [3.63, 3.8) is 0 Å². The minimum absolute atomic E-state index is 0.0348. The minimum Gasteiger partial charge on any atom is -0.354 e. The molecule has 2 heterocycles. The molecule has 3 rings (SSSR count). The quantitative estimate of drug-likeness (QED) is 0.828. The Morgan fingerprint density at radius 2 is 2.20 bits per heavy atom. The van der Waals surface area contributed by atoms with E-state index in [4.69, 9.17) is 0 Å². The monoisotopic (exact) mass is 345 g/mol. The molecule has 0 radical (unpaired) electrons. The predicted molar refractivity (Wildman–Crippen MR) is 92.3 cm³/mol. The molecule has 7 heteroatoms. The third-order valence-electron chi connectivity index (χ3n) is 4.79. The average Bonchev–Trinajstić information content (AvgIpc) is 3.28. The van der Waals surface area contributed by atoms with Gasteiger partial charge >= 0.3 is 0 Å². The topological polar surface area (TPSA) is 63.1 Å². The third-order valence-corrected chi connectivity index (χ3v) is 4.79. The van der Waals surface area contributed by atoms with E-state index >= 15 is 0 Å². The Kier molecular flexibility index (Phi) is 5.75. The van der Waals surface area contributed by atoms with Gasteiger partial charge in [0.05, 0.1) is 12.6 Å². The lowest BCUT2D eigenvalue weighted by Gasteiger charge is -2.29. The molecule has 1 aromatic heterocycles. The van der Waals surface area contributed by atoms with Crippen molar-refractivity contribution in [2.45, 2.75) is 44.8 Å². The number of amides is 1. The van der Waals surface area contributed by atoms with Gasteiger partial charge in [-0.15, -0.1) is 0 Å². The molecule has 2 aromatic rings. The van der Waals surface area contributed by atoms with Crippen molar-refractivity contribution in [1.82, 2.24) is 25.0 Å². The molecule has 1 amide bonds. The fraction of sp³-hybridized carbons (Fsp3) is 0.500. The van der Waals surface area contributed by atoms with Crippen LogP contribution >= 0.6 is 0 Å². The Hall–Kier alpha value is -2.28. The smallest absolute Gasteiger partial charge is 0.237 e. The Bertz CT molecular complexity index is 673. The molecular formula is C18H24FN5O. The summed E-state index contributed by atoms with van der Waals surface area (Å²) < 4.78 is 14.7. The first kappa shape index (κ1) is 17.5. The van der Waals surface area contributed by atoms with Crippen LogP contribution in [0.15, 0.2) is 36.9 Å². The Morgan fingerprint density at radius 3 is 2.92 bits per heavy atom. The number of carbonyl (C=O) groups is 1. The van der Waals surface area contributed by atoms with E-state index in [0.717, 1.165) is 31.5 Å². The standard InChI is InChI=1S/C18H24FN5O/c1-14(18(25)21-9-8-15-4-6-16(19)7-5-15)24-10-2-3-17(24)11-23-13-20-12-22-23/h4-7,12-14,17H,2-3,8-11H2,1H3,(H,21,25)/t14-,17+/m1/s1. The maximum atomic E-state index is 12.9. The van der Waals surface area contributed by atoms with Crippen LogP contribution in [0.25, 0.3) is 0 Å². The Labute approximate surface area is 147 Å². The van der Waals surface area contributed by atoms with Crippen molar-refractivity contribution in [3.05, 3.63) is 48.3 Å². The second-order valence-electron chi connectivity index (χ2n) is 6.49. The summed E-state index contributed by atoms with van der Waals surface area (Å²) in [6.07, 6.45) is 6.09. The fourth-order valence-electron chi connectivity index (χ4n) is 3.39. The summed E-state index contributed by atoms with van der Waals surface area (Å²) >= 11 is 0. The van der Waals surface area contributed by atoms with Crippen LogP contribution in [0, 0.1) is 5.82 Å². The number of halogens is 1. The third kappa shape index (κ3) is 4.63. The molecular weight excluding hydrogens is 321 g/mol. The second kappa shape index (κ2) is 8.20. The number of carbonyl (C=O) groups excluding carboxylic acids is 1. The van der Waals surface area contributed by atoms with E-state index in [9.17, 15) is 9.18 Å². The van der Waals surface area contributed by atoms with Crippen LogP contribution in [0.4, 0.5) is 4.39 Å². The van der Waals surface area contributed by atoms with Gasteiger partial charge in [-0.1, -0.05) is 12.1 Å². The number of nitrogens with zero attached hydrogens (tertiary/aromatic N) is 4. The Morgan fingerprint density at radius 1 is 1.40 bits per heavy atom. The number of nitrogens with one attached hydrogen (secondary N) is 1. The zero-order chi connectivity index (χ0) is 17.6. The van der Waals surface area contributed by atoms with Crippen molar-refractivity contribution in [2.24, 2.45) is 0 Å². The summed E-state index contributed by atoms with van der Waals surface area (Å²) in [6.45, 7) is 4.18. The van der Waals surface area contributed by atoms with Gasteiger partial charge in [0.2, 0.25) is 5.91 Å². The van der Waals surface area contributed by atoms with Crippen LogP contribution in [0.2, 0.25) is 0 Å². The van der Waals surface area contributed by atoms with Crippen LogP contribution in [-0.2, 0) is 17.8 Å². The summed E-state index contributed by atoms with van der Waals surface area (Å²) in [5, 5.41) is 7.15. The van der Waals surface area contributed by atoms with Gasteiger partial charge in [-0.25, -0.2) is 9.37 Å². The first-order valence-corrected chi connectivity index (χ1v) is 8.74. The molecule has 1 aromatic carbocycles. The highest BCUT2D eigenvalue weighted by Gasteiger charge is 2.32. The Balaban J connectivity index is 1.48. The lowest BCUT2D eigenvalue weighted by molar-refractivity contribution is -0.126. The normalized spacial score (nSPS) is 19.0. The van der Waals surface area contributed by atoms with Crippen LogP contribution in [0.3, 0.4) is 0 Å². The van der Waals surface area contributed by atoms with Gasteiger partial charge in [-0.3, -0.25) is 14.4 Å². The van der Waals surface area contributed by atoms with E-state index in [1.165, 1.54) is 18.5 Å². The molecule has 1 saturated heterocycles. The molecule has 25 heavy (non-hydrogen) atoms. The highest BCUT2D eigenvalue weighted by Crippen LogP contribution is 2.21. The highest BCUT2D eigenvalue weighted by molar-refractivity contribution is 5.81. The number of aromatic nitrogens is 3. The molecule has 2 atom stereocenters. The summed E-state index contributed by atoms with van der Waals surface area (Å²) in [5.74, 6) is -0.207. The van der Waals surface area contributed by atoms with Crippen LogP contribution in [-0.4, -0.2) is 50.7 Å². The molecule has 0 unspecified atom stereocenters. The SMILES string of the molecule is C[C@H](C(=O)NCCc1ccc(F)cc1)N1CCC[C@H]1Cn1cncn1. The van der Waals surface area contributed by atoms with Gasteiger partial charge in [0.1, 0.15) is 18.5 Å². The molecule has 0 saturated carbocycles. The van der Waals surface area contributed by atoms with Gasteiger partial charge < -0.3 is 5.32 Å². The summed E-state index contributed by atoms with van der Waals surface area (Å²) in [6, 6.07) is 6.51. The van der Waals surface area contributed by atoms with Gasteiger partial charge in [0.25, 0.3) is 0 Å². The second-order valence-corrected chi connectivity index (χ2v) is 6.49. The average molecular weight is 345 g/mol. The predicted octanol–water partition coefficient (Wildman–Crippen LogP) is 1.63. The van der Waals surface area contributed by atoms with E-state index in [1.807, 2.05) is 11.6 Å². The summed E-state index contributed by atoms with van der Waals surface area (Å²) in [5.41, 5.74) is 1.01. The van der Waals surface area contributed by atoms with E-state index < -0.39 is 0 Å². The first-order chi connectivity index (χ1) is 12.1. The van der Waals surface area contributed by atoms with Crippen molar-refractivity contribution in [2.75, 3.05) is 13.1 Å². The number of benzene rings is 1. The molecule has 0 aliphatic carbocycles. The molecule has 1 N–H and O–H groups in total. The molecule has 0 bridgehead atoms. The van der Waals surface area contributed by atoms with Gasteiger partial charge in [0, 0.05) is 12.6 Å². The molecule has 134 valence electrons. The first-order valence-electron chi connectivity index (χ1n) is 8.74. The lowest BCUT2D eigenvalue weighted by atomic mass is 10.1. The van der Waals surface area contributed by atoms with Crippen molar-refractivity contribution in [3.8, 4) is 0 Å². The number of hydrogen-bond acceptors (Lipinski definition) is 4.